The lowest BCUT2D eigenvalue weighted by Gasteiger charge is -2.05. The maximum Gasteiger partial charge on any atom is 0.280 e. The summed E-state index contributed by atoms with van der Waals surface area (Å²) in [5, 5.41) is 2.61. The van der Waals surface area contributed by atoms with Gasteiger partial charge in [0.1, 0.15) is 0 Å². The van der Waals surface area contributed by atoms with Crippen LogP contribution in [0.1, 0.15) is 15.9 Å². The summed E-state index contributed by atoms with van der Waals surface area (Å²) in [5.41, 5.74) is 1.53. The lowest BCUT2D eigenvalue weighted by Crippen LogP contribution is -2.17. The predicted molar refractivity (Wildman–Crippen MR) is 96.9 cm³/mol. The predicted octanol–water partition coefficient (Wildman–Crippen LogP) is 4.75. The summed E-state index contributed by atoms with van der Waals surface area (Å²) in [7, 11) is 0. The van der Waals surface area contributed by atoms with Gasteiger partial charge in [-0.2, -0.15) is 4.99 Å². The van der Waals surface area contributed by atoms with E-state index in [2.05, 4.69) is 20.9 Å². The number of hydrogen-bond donors (Lipinski definition) is 0. The standard InChI is InChI=1S/C17H12BrClN2OS/c18-14-7-3-2-6-13(14)16(22)20-17-21(9-10-23-17)11-12-5-1-4-8-15(12)19/h1-10H,11H2. The van der Waals surface area contributed by atoms with Gasteiger partial charge >= 0.3 is 0 Å². The van der Waals surface area contributed by atoms with E-state index < -0.39 is 0 Å². The smallest absolute Gasteiger partial charge is 0.280 e. The average molecular weight is 408 g/mol. The van der Waals surface area contributed by atoms with Gasteiger partial charge in [0.15, 0.2) is 4.80 Å². The minimum atomic E-state index is -0.271. The highest BCUT2D eigenvalue weighted by atomic mass is 79.9. The largest absolute Gasteiger partial charge is 0.319 e. The fraction of sp³-hybridized carbons (Fsp3) is 0.0588. The van der Waals surface area contributed by atoms with E-state index in [1.165, 1.54) is 11.3 Å². The molecule has 3 nitrogen and oxygen atoms in total. The van der Waals surface area contributed by atoms with E-state index in [4.69, 9.17) is 11.6 Å². The van der Waals surface area contributed by atoms with Gasteiger partial charge in [0.05, 0.1) is 12.1 Å². The van der Waals surface area contributed by atoms with Gasteiger partial charge in [0, 0.05) is 21.1 Å². The topological polar surface area (TPSA) is 34.4 Å². The van der Waals surface area contributed by atoms with Crippen molar-refractivity contribution in [3.8, 4) is 0 Å². The zero-order valence-electron chi connectivity index (χ0n) is 11.9. The Morgan fingerprint density at radius 3 is 2.70 bits per heavy atom. The Kier molecular flexibility index (Phi) is 5.10. The summed E-state index contributed by atoms with van der Waals surface area (Å²) >= 11 is 11.0. The summed E-state index contributed by atoms with van der Waals surface area (Å²) < 4.78 is 2.66. The number of aromatic nitrogens is 1. The molecule has 1 aromatic heterocycles. The van der Waals surface area contributed by atoms with Crippen LogP contribution >= 0.6 is 38.9 Å². The van der Waals surface area contributed by atoms with Crippen LogP contribution in [0, 0.1) is 0 Å². The van der Waals surface area contributed by atoms with Crippen molar-refractivity contribution < 1.29 is 4.79 Å². The Labute approximate surface area is 151 Å². The number of rotatable bonds is 3. The van der Waals surface area contributed by atoms with Crippen molar-refractivity contribution in [1.29, 1.82) is 0 Å². The zero-order chi connectivity index (χ0) is 16.2. The molecule has 1 heterocycles. The molecule has 0 N–H and O–H groups in total. The number of amides is 1. The molecule has 0 saturated carbocycles. The molecule has 1 amide bonds. The van der Waals surface area contributed by atoms with Crippen LogP contribution in [0.3, 0.4) is 0 Å². The van der Waals surface area contributed by atoms with Crippen LogP contribution in [-0.2, 0) is 6.54 Å². The molecule has 0 spiro atoms. The second-order valence-corrected chi connectivity index (χ2v) is 6.94. The number of benzene rings is 2. The molecule has 0 unspecified atom stereocenters. The minimum Gasteiger partial charge on any atom is -0.319 e. The maximum atomic E-state index is 12.4. The Morgan fingerprint density at radius 2 is 1.91 bits per heavy atom. The number of carbonyl (C=O) groups excluding carboxylic acids is 1. The van der Waals surface area contributed by atoms with E-state index in [0.717, 1.165) is 10.0 Å². The quantitative estimate of drug-likeness (QED) is 0.616. The molecule has 0 saturated heterocycles. The molecular weight excluding hydrogens is 396 g/mol. The van der Waals surface area contributed by atoms with Crippen molar-refractivity contribution in [3.63, 3.8) is 0 Å². The first-order chi connectivity index (χ1) is 11.1. The summed E-state index contributed by atoms with van der Waals surface area (Å²) in [6, 6.07) is 14.9. The van der Waals surface area contributed by atoms with E-state index in [1.807, 2.05) is 58.6 Å². The minimum absolute atomic E-state index is 0.271. The van der Waals surface area contributed by atoms with E-state index in [1.54, 1.807) is 6.07 Å². The third-order valence-electron chi connectivity index (χ3n) is 3.26. The van der Waals surface area contributed by atoms with E-state index in [9.17, 15) is 4.79 Å². The zero-order valence-corrected chi connectivity index (χ0v) is 15.1. The molecule has 6 heteroatoms. The number of halogens is 2. The van der Waals surface area contributed by atoms with Crippen molar-refractivity contribution in [2.75, 3.05) is 0 Å². The molecule has 2 aromatic carbocycles. The summed E-state index contributed by atoms with van der Waals surface area (Å²) in [4.78, 5) is 17.3. The Bertz CT molecular complexity index is 916. The number of hydrogen-bond acceptors (Lipinski definition) is 2. The lowest BCUT2D eigenvalue weighted by molar-refractivity contribution is 0.0997. The highest BCUT2D eigenvalue weighted by molar-refractivity contribution is 9.10. The van der Waals surface area contributed by atoms with Gasteiger partial charge in [-0.05, 0) is 39.7 Å². The molecule has 3 rings (SSSR count). The second kappa shape index (κ2) is 7.25. The molecule has 0 atom stereocenters. The molecule has 0 aliphatic heterocycles. The highest BCUT2D eigenvalue weighted by Gasteiger charge is 2.09. The van der Waals surface area contributed by atoms with Crippen LogP contribution in [0.2, 0.25) is 5.02 Å². The van der Waals surface area contributed by atoms with Gasteiger partial charge in [-0.15, -0.1) is 11.3 Å². The van der Waals surface area contributed by atoms with Crippen LogP contribution < -0.4 is 4.80 Å². The van der Waals surface area contributed by atoms with E-state index >= 15 is 0 Å². The molecule has 0 fully saturated rings. The molecule has 116 valence electrons. The van der Waals surface area contributed by atoms with Crippen LogP contribution in [0.5, 0.6) is 0 Å². The van der Waals surface area contributed by atoms with Crippen molar-refractivity contribution >= 4 is 44.8 Å². The Morgan fingerprint density at radius 1 is 1.17 bits per heavy atom. The molecule has 0 aliphatic carbocycles. The van der Waals surface area contributed by atoms with Crippen molar-refractivity contribution in [1.82, 2.24) is 4.57 Å². The molecular formula is C17H12BrClN2OS. The highest BCUT2D eigenvalue weighted by Crippen LogP contribution is 2.17. The van der Waals surface area contributed by atoms with Crippen LogP contribution in [0.25, 0.3) is 0 Å². The number of thiazole rings is 1. The summed E-state index contributed by atoms with van der Waals surface area (Å²) in [6.45, 7) is 0.575. The normalized spacial score (nSPS) is 11.7. The first-order valence-corrected chi connectivity index (χ1v) is 8.91. The molecule has 0 radical (unpaired) electrons. The SMILES string of the molecule is O=C(N=c1sccn1Cc1ccccc1Cl)c1ccccc1Br. The molecule has 0 bridgehead atoms. The van der Waals surface area contributed by atoms with Crippen LogP contribution in [0.15, 0.2) is 69.6 Å². The van der Waals surface area contributed by atoms with Gasteiger partial charge in [0.2, 0.25) is 0 Å². The van der Waals surface area contributed by atoms with Gasteiger partial charge in [-0.25, -0.2) is 0 Å². The third-order valence-corrected chi connectivity index (χ3v) is 5.11. The van der Waals surface area contributed by atoms with Crippen molar-refractivity contribution in [2.45, 2.75) is 6.54 Å². The van der Waals surface area contributed by atoms with Crippen LogP contribution in [-0.4, -0.2) is 10.5 Å². The first kappa shape index (κ1) is 16.2. The monoisotopic (exact) mass is 406 g/mol. The van der Waals surface area contributed by atoms with Gasteiger partial charge in [-0.3, -0.25) is 4.79 Å². The number of carbonyl (C=O) groups is 1. The van der Waals surface area contributed by atoms with Gasteiger partial charge in [-0.1, -0.05) is 41.9 Å². The molecule has 0 aliphatic rings. The first-order valence-electron chi connectivity index (χ1n) is 6.86. The van der Waals surface area contributed by atoms with Crippen molar-refractivity contribution in [2.24, 2.45) is 4.99 Å². The van der Waals surface area contributed by atoms with Gasteiger partial charge < -0.3 is 4.57 Å². The lowest BCUT2D eigenvalue weighted by atomic mass is 10.2. The third kappa shape index (κ3) is 3.80. The summed E-state index contributed by atoms with van der Waals surface area (Å²) in [5.74, 6) is -0.271. The van der Waals surface area contributed by atoms with Gasteiger partial charge in [0.25, 0.3) is 5.91 Å². The molecule has 23 heavy (non-hydrogen) atoms. The van der Waals surface area contributed by atoms with Crippen molar-refractivity contribution in [3.05, 3.63) is 85.5 Å². The fourth-order valence-electron chi connectivity index (χ4n) is 2.10. The van der Waals surface area contributed by atoms with E-state index in [0.29, 0.717) is 21.9 Å². The van der Waals surface area contributed by atoms with Crippen LogP contribution in [0.4, 0.5) is 0 Å². The Hall–Kier alpha value is -1.69. The van der Waals surface area contributed by atoms with E-state index in [-0.39, 0.29) is 5.91 Å². The fourth-order valence-corrected chi connectivity index (χ4v) is 3.47. The Balaban J connectivity index is 1.93. The molecule has 3 aromatic rings. The second-order valence-electron chi connectivity index (χ2n) is 4.80. The average Bonchev–Trinajstić information content (AvgIpc) is 2.97. The summed E-state index contributed by atoms with van der Waals surface area (Å²) in [6.07, 6.45) is 1.90. The maximum absolute atomic E-state index is 12.4. The number of nitrogens with zero attached hydrogens (tertiary/aromatic N) is 2.